The third-order valence-corrected chi connectivity index (χ3v) is 7.39. The minimum absolute atomic E-state index is 0.0357. The SMILES string of the molecule is Cc1cc(C)cc(NC(=O)CSc2nnc(-c3csc4c3CCC(C)C4)n2C)c1. The summed E-state index contributed by atoms with van der Waals surface area (Å²) in [4.78, 5) is 13.9. The van der Waals surface area contributed by atoms with Crippen molar-refractivity contribution in [3.05, 3.63) is 45.1 Å². The molecule has 1 aliphatic rings. The number of amides is 1. The Bertz CT molecular complexity index is 1030. The number of nitrogens with one attached hydrogen (secondary N) is 1. The van der Waals surface area contributed by atoms with Gasteiger partial charge in [0, 0.05) is 28.6 Å². The Balaban J connectivity index is 1.44. The van der Waals surface area contributed by atoms with Gasteiger partial charge in [-0.1, -0.05) is 24.8 Å². The Hall–Kier alpha value is -2.12. The van der Waals surface area contributed by atoms with Crippen molar-refractivity contribution in [1.29, 1.82) is 0 Å². The van der Waals surface area contributed by atoms with Gasteiger partial charge < -0.3 is 9.88 Å². The molecular weight excluding hydrogens is 400 g/mol. The summed E-state index contributed by atoms with van der Waals surface area (Å²) in [7, 11) is 1.98. The van der Waals surface area contributed by atoms with Crippen LogP contribution in [0.4, 0.5) is 5.69 Å². The summed E-state index contributed by atoms with van der Waals surface area (Å²) >= 11 is 3.26. The number of thiophene rings is 1. The molecule has 0 radical (unpaired) electrons. The minimum Gasteiger partial charge on any atom is -0.325 e. The van der Waals surface area contributed by atoms with Crippen LogP contribution in [0.25, 0.3) is 11.4 Å². The second-order valence-electron chi connectivity index (χ2n) is 7.98. The first-order chi connectivity index (χ1) is 13.9. The Morgan fingerprint density at radius 2 is 2.03 bits per heavy atom. The molecule has 0 saturated carbocycles. The van der Waals surface area contributed by atoms with Crippen molar-refractivity contribution in [2.24, 2.45) is 13.0 Å². The average molecular weight is 427 g/mol. The Morgan fingerprint density at radius 1 is 1.28 bits per heavy atom. The summed E-state index contributed by atoms with van der Waals surface area (Å²) in [6.07, 6.45) is 3.51. The van der Waals surface area contributed by atoms with Gasteiger partial charge in [0.25, 0.3) is 0 Å². The lowest BCUT2D eigenvalue weighted by molar-refractivity contribution is -0.113. The molecule has 1 unspecified atom stereocenters. The van der Waals surface area contributed by atoms with E-state index >= 15 is 0 Å². The highest BCUT2D eigenvalue weighted by molar-refractivity contribution is 7.99. The summed E-state index contributed by atoms with van der Waals surface area (Å²) in [6, 6.07) is 6.06. The summed E-state index contributed by atoms with van der Waals surface area (Å²) in [5.74, 6) is 1.93. The standard InChI is InChI=1S/C22H26N4OS2/c1-13-5-6-17-18(11-28-19(17)10-13)21-24-25-22(26(21)4)29-12-20(27)23-16-8-14(2)7-15(3)9-16/h7-9,11,13H,5-6,10,12H2,1-4H3,(H,23,27). The predicted octanol–water partition coefficient (Wildman–Crippen LogP) is 5.02. The molecule has 1 aromatic carbocycles. The van der Waals surface area contributed by atoms with Crippen LogP contribution in [0.2, 0.25) is 0 Å². The number of benzene rings is 1. The average Bonchev–Trinajstić information content (AvgIpc) is 3.21. The van der Waals surface area contributed by atoms with Crippen LogP contribution in [0, 0.1) is 19.8 Å². The van der Waals surface area contributed by atoms with Gasteiger partial charge in [0.2, 0.25) is 5.91 Å². The van der Waals surface area contributed by atoms with Gasteiger partial charge in [0.05, 0.1) is 5.75 Å². The third-order valence-electron chi connectivity index (χ3n) is 5.32. The van der Waals surface area contributed by atoms with Crippen LogP contribution in [0.1, 0.15) is 34.9 Å². The van der Waals surface area contributed by atoms with Crippen LogP contribution >= 0.6 is 23.1 Å². The molecule has 0 saturated heterocycles. The molecule has 1 atom stereocenters. The number of anilines is 1. The molecule has 5 nitrogen and oxygen atoms in total. The summed E-state index contributed by atoms with van der Waals surface area (Å²) in [5, 5.41) is 14.7. The van der Waals surface area contributed by atoms with Crippen molar-refractivity contribution in [2.75, 3.05) is 11.1 Å². The number of rotatable bonds is 5. The molecule has 1 amide bonds. The summed E-state index contributed by atoms with van der Waals surface area (Å²) in [6.45, 7) is 6.38. The molecule has 3 aromatic rings. The lowest BCUT2D eigenvalue weighted by atomic mass is 9.88. The third kappa shape index (κ3) is 4.41. The van der Waals surface area contributed by atoms with E-state index < -0.39 is 0 Å². The van der Waals surface area contributed by atoms with Crippen molar-refractivity contribution in [3.63, 3.8) is 0 Å². The van der Waals surface area contributed by atoms with Crippen LogP contribution in [0.15, 0.2) is 28.7 Å². The van der Waals surface area contributed by atoms with E-state index in [1.54, 1.807) is 0 Å². The molecule has 0 aliphatic heterocycles. The quantitative estimate of drug-likeness (QED) is 0.582. The van der Waals surface area contributed by atoms with Crippen LogP contribution in [0.3, 0.4) is 0 Å². The number of fused-ring (bicyclic) bond motifs is 1. The van der Waals surface area contributed by atoms with Crippen LogP contribution in [-0.2, 0) is 24.7 Å². The van der Waals surface area contributed by atoms with E-state index in [1.807, 2.05) is 48.9 Å². The molecule has 0 bridgehead atoms. The lowest BCUT2D eigenvalue weighted by Gasteiger charge is -2.18. The summed E-state index contributed by atoms with van der Waals surface area (Å²) in [5.41, 5.74) is 5.76. The number of aryl methyl sites for hydroxylation is 2. The number of carbonyl (C=O) groups is 1. The fourth-order valence-corrected chi connectivity index (χ4v) is 5.87. The van der Waals surface area contributed by atoms with Crippen molar-refractivity contribution in [3.8, 4) is 11.4 Å². The van der Waals surface area contributed by atoms with Crippen molar-refractivity contribution >= 4 is 34.7 Å². The molecule has 1 aliphatic carbocycles. The molecule has 7 heteroatoms. The molecule has 1 N–H and O–H groups in total. The van der Waals surface area contributed by atoms with Crippen molar-refractivity contribution < 1.29 is 4.79 Å². The zero-order valence-corrected chi connectivity index (χ0v) is 18.9. The first-order valence-electron chi connectivity index (χ1n) is 9.90. The lowest BCUT2D eigenvalue weighted by Crippen LogP contribution is -2.14. The van der Waals surface area contributed by atoms with Crippen molar-refractivity contribution in [2.45, 2.75) is 45.2 Å². The Kier molecular flexibility index (Phi) is 5.79. The van der Waals surface area contributed by atoms with E-state index in [0.29, 0.717) is 5.75 Å². The van der Waals surface area contributed by atoms with Crippen LogP contribution in [0.5, 0.6) is 0 Å². The number of carbonyl (C=O) groups excluding carboxylic acids is 1. The maximum atomic E-state index is 12.4. The van der Waals surface area contributed by atoms with E-state index in [2.05, 4.69) is 33.9 Å². The second-order valence-corrected chi connectivity index (χ2v) is 9.88. The van der Waals surface area contributed by atoms with E-state index in [-0.39, 0.29) is 5.91 Å². The first kappa shape index (κ1) is 20.2. The fraction of sp³-hybridized carbons (Fsp3) is 0.409. The fourth-order valence-electron chi connectivity index (χ4n) is 3.91. The molecule has 4 rings (SSSR count). The molecule has 29 heavy (non-hydrogen) atoms. The predicted molar refractivity (Wildman–Crippen MR) is 121 cm³/mol. The normalized spacial score (nSPS) is 15.9. The van der Waals surface area contributed by atoms with E-state index in [1.165, 1.54) is 34.2 Å². The summed E-state index contributed by atoms with van der Waals surface area (Å²) < 4.78 is 2.01. The monoisotopic (exact) mass is 426 g/mol. The van der Waals surface area contributed by atoms with Gasteiger partial charge in [0.1, 0.15) is 0 Å². The maximum absolute atomic E-state index is 12.4. The van der Waals surface area contributed by atoms with Gasteiger partial charge in [0.15, 0.2) is 11.0 Å². The largest absolute Gasteiger partial charge is 0.325 e. The van der Waals surface area contributed by atoms with E-state index in [0.717, 1.165) is 46.6 Å². The molecule has 152 valence electrons. The second kappa shape index (κ2) is 8.32. The van der Waals surface area contributed by atoms with Crippen LogP contribution < -0.4 is 5.32 Å². The molecule has 2 aromatic heterocycles. The smallest absolute Gasteiger partial charge is 0.234 e. The topological polar surface area (TPSA) is 59.8 Å². The maximum Gasteiger partial charge on any atom is 0.234 e. The van der Waals surface area contributed by atoms with Gasteiger partial charge in [-0.25, -0.2) is 0 Å². The zero-order valence-electron chi connectivity index (χ0n) is 17.3. The first-order valence-corrected chi connectivity index (χ1v) is 11.8. The Labute approximate surface area is 179 Å². The highest BCUT2D eigenvalue weighted by atomic mass is 32.2. The number of aromatic nitrogens is 3. The number of nitrogens with zero attached hydrogens (tertiary/aromatic N) is 3. The van der Waals surface area contributed by atoms with E-state index in [9.17, 15) is 4.79 Å². The number of hydrogen-bond acceptors (Lipinski definition) is 5. The highest BCUT2D eigenvalue weighted by Crippen LogP contribution is 2.38. The minimum atomic E-state index is -0.0357. The van der Waals surface area contributed by atoms with Gasteiger partial charge >= 0.3 is 0 Å². The zero-order chi connectivity index (χ0) is 20.5. The van der Waals surface area contributed by atoms with Gasteiger partial charge in [-0.15, -0.1) is 21.5 Å². The van der Waals surface area contributed by atoms with E-state index in [4.69, 9.17) is 0 Å². The number of hydrogen-bond donors (Lipinski definition) is 1. The molecular formula is C22H26N4OS2. The van der Waals surface area contributed by atoms with Gasteiger partial charge in [-0.05, 0) is 67.9 Å². The Morgan fingerprint density at radius 3 is 2.79 bits per heavy atom. The van der Waals surface area contributed by atoms with Gasteiger partial charge in [-0.3, -0.25) is 4.79 Å². The van der Waals surface area contributed by atoms with Crippen molar-refractivity contribution in [1.82, 2.24) is 14.8 Å². The molecule has 0 spiro atoms. The van der Waals surface area contributed by atoms with Gasteiger partial charge in [-0.2, -0.15) is 0 Å². The number of thioether (sulfide) groups is 1. The molecule has 0 fully saturated rings. The molecule has 2 heterocycles. The highest BCUT2D eigenvalue weighted by Gasteiger charge is 2.23. The van der Waals surface area contributed by atoms with Crippen LogP contribution in [-0.4, -0.2) is 26.4 Å².